The van der Waals surface area contributed by atoms with E-state index in [0.29, 0.717) is 43.1 Å². The minimum atomic E-state index is -4.94. The normalized spacial score (nSPS) is 17.5. The molecule has 1 fully saturated rings. The fraction of sp³-hybridized carbons (Fsp3) is 0.400. The third-order valence-corrected chi connectivity index (χ3v) is 5.99. The van der Waals surface area contributed by atoms with Crippen LogP contribution in [0.2, 0.25) is 0 Å². The first-order chi connectivity index (χ1) is 17.5. The molecule has 1 aliphatic carbocycles. The number of rotatable bonds is 9. The van der Waals surface area contributed by atoms with Gasteiger partial charge in [0.1, 0.15) is 5.75 Å². The summed E-state index contributed by atoms with van der Waals surface area (Å²) in [5.74, 6) is -4.38. The molecule has 0 saturated heterocycles. The minimum Gasteiger partial charge on any atom is -0.493 e. The molecule has 2 aromatic carbocycles. The van der Waals surface area contributed by atoms with Crippen molar-refractivity contribution in [3.63, 3.8) is 0 Å². The summed E-state index contributed by atoms with van der Waals surface area (Å²) in [6, 6.07) is 7.66. The highest BCUT2D eigenvalue weighted by Crippen LogP contribution is 2.36. The van der Waals surface area contributed by atoms with Gasteiger partial charge in [-0.05, 0) is 62.1 Å². The van der Waals surface area contributed by atoms with Gasteiger partial charge in [0.25, 0.3) is 11.8 Å². The fourth-order valence-electron chi connectivity index (χ4n) is 4.01. The van der Waals surface area contributed by atoms with Crippen molar-refractivity contribution in [3.8, 4) is 11.5 Å². The number of alkyl halides is 3. The SMILES string of the molecule is COc1c(C(=O)NCCNC(=O)c2ccc(OC3CCC(C(=O)O)CC3)cc2)ccc(C(F)(F)F)c1F. The lowest BCUT2D eigenvalue weighted by Crippen LogP contribution is -2.35. The van der Waals surface area contributed by atoms with Crippen molar-refractivity contribution in [3.05, 3.63) is 58.9 Å². The van der Waals surface area contributed by atoms with Crippen LogP contribution >= 0.6 is 0 Å². The number of carbonyl (C=O) groups is 3. The number of amides is 2. The van der Waals surface area contributed by atoms with Crippen LogP contribution in [0, 0.1) is 11.7 Å². The zero-order valence-electron chi connectivity index (χ0n) is 19.9. The van der Waals surface area contributed by atoms with Gasteiger partial charge < -0.3 is 25.2 Å². The zero-order chi connectivity index (χ0) is 27.2. The van der Waals surface area contributed by atoms with Crippen LogP contribution in [0.4, 0.5) is 17.6 Å². The Labute approximate surface area is 209 Å². The lowest BCUT2D eigenvalue weighted by Gasteiger charge is -2.26. The van der Waals surface area contributed by atoms with Crippen LogP contribution in [0.1, 0.15) is 52.0 Å². The number of ether oxygens (including phenoxy) is 2. The molecule has 3 N–H and O–H groups in total. The second kappa shape index (κ2) is 11.9. The average Bonchev–Trinajstić information content (AvgIpc) is 2.86. The number of halogens is 4. The van der Waals surface area contributed by atoms with E-state index in [4.69, 9.17) is 9.84 Å². The van der Waals surface area contributed by atoms with Crippen LogP contribution in [-0.4, -0.2) is 49.2 Å². The lowest BCUT2D eigenvalue weighted by molar-refractivity contribution is -0.143. The Hall–Kier alpha value is -3.83. The molecule has 200 valence electrons. The van der Waals surface area contributed by atoms with E-state index in [-0.39, 0.29) is 25.1 Å². The van der Waals surface area contributed by atoms with Crippen molar-refractivity contribution < 1.29 is 46.5 Å². The van der Waals surface area contributed by atoms with Gasteiger partial charge in [0.05, 0.1) is 30.3 Å². The maximum Gasteiger partial charge on any atom is 0.419 e. The van der Waals surface area contributed by atoms with Gasteiger partial charge in [-0.2, -0.15) is 13.2 Å². The van der Waals surface area contributed by atoms with Gasteiger partial charge >= 0.3 is 12.1 Å². The number of carbonyl (C=O) groups excluding carboxylic acids is 2. The van der Waals surface area contributed by atoms with Crippen molar-refractivity contribution in [2.24, 2.45) is 5.92 Å². The number of benzene rings is 2. The molecule has 1 saturated carbocycles. The van der Waals surface area contributed by atoms with Crippen molar-refractivity contribution >= 4 is 17.8 Å². The van der Waals surface area contributed by atoms with E-state index in [1.54, 1.807) is 24.3 Å². The fourth-order valence-corrected chi connectivity index (χ4v) is 4.01. The Morgan fingerprint density at radius 3 is 2.08 bits per heavy atom. The number of nitrogens with one attached hydrogen (secondary N) is 2. The number of hydrogen-bond donors (Lipinski definition) is 3. The Balaban J connectivity index is 1.46. The number of carboxylic acids is 1. The minimum absolute atomic E-state index is 0.00107. The Morgan fingerprint density at radius 2 is 1.54 bits per heavy atom. The summed E-state index contributed by atoms with van der Waals surface area (Å²) in [6.45, 7) is -0.0718. The highest BCUT2D eigenvalue weighted by Gasteiger charge is 2.36. The van der Waals surface area contributed by atoms with Gasteiger partial charge in [0.15, 0.2) is 11.6 Å². The summed E-state index contributed by atoms with van der Waals surface area (Å²) in [5.41, 5.74) is -1.62. The third kappa shape index (κ3) is 7.11. The highest BCUT2D eigenvalue weighted by atomic mass is 19.4. The standard InChI is InChI=1S/C25H26F4N2O6/c1-36-21-18(10-11-19(20(21)26)25(27,28)29)23(33)31-13-12-30-22(32)14-2-6-16(7-3-14)37-17-8-4-15(5-9-17)24(34)35/h2-3,6-7,10-11,15,17H,4-5,8-9,12-13H2,1H3,(H,30,32)(H,31,33)(H,34,35). The van der Waals surface area contributed by atoms with E-state index in [1.165, 1.54) is 0 Å². The largest absolute Gasteiger partial charge is 0.493 e. The maximum atomic E-state index is 14.2. The molecule has 8 nitrogen and oxygen atoms in total. The number of aliphatic carboxylic acids is 1. The molecule has 0 aliphatic heterocycles. The molecule has 0 spiro atoms. The molecule has 0 atom stereocenters. The van der Waals surface area contributed by atoms with Gasteiger partial charge in [-0.15, -0.1) is 0 Å². The number of carboxylic acid groups (broad SMARTS) is 1. The predicted molar refractivity (Wildman–Crippen MR) is 123 cm³/mol. The molecule has 12 heteroatoms. The van der Waals surface area contributed by atoms with Gasteiger partial charge in [-0.3, -0.25) is 14.4 Å². The molecule has 0 unspecified atom stereocenters. The summed E-state index contributed by atoms with van der Waals surface area (Å²) >= 11 is 0. The van der Waals surface area contributed by atoms with Crippen molar-refractivity contribution in [2.45, 2.75) is 38.0 Å². The van der Waals surface area contributed by atoms with Crippen molar-refractivity contribution in [1.29, 1.82) is 0 Å². The van der Waals surface area contributed by atoms with Crippen LogP contribution in [0.5, 0.6) is 11.5 Å². The van der Waals surface area contributed by atoms with Gasteiger partial charge in [-0.1, -0.05) is 0 Å². The van der Waals surface area contributed by atoms with Gasteiger partial charge in [0, 0.05) is 18.7 Å². The molecule has 2 amide bonds. The lowest BCUT2D eigenvalue weighted by atomic mass is 9.87. The summed E-state index contributed by atoms with van der Waals surface area (Å²) in [6.07, 6.45) is -2.65. The monoisotopic (exact) mass is 526 g/mol. The predicted octanol–water partition coefficient (Wildman–Crippen LogP) is 4.04. The van der Waals surface area contributed by atoms with E-state index < -0.39 is 46.7 Å². The van der Waals surface area contributed by atoms with Crippen molar-refractivity contribution in [1.82, 2.24) is 10.6 Å². The molecule has 0 radical (unpaired) electrons. The van der Waals surface area contributed by atoms with Gasteiger partial charge in [0.2, 0.25) is 0 Å². The summed E-state index contributed by atoms with van der Waals surface area (Å²) in [5, 5.41) is 14.0. The summed E-state index contributed by atoms with van der Waals surface area (Å²) in [7, 11) is 0.954. The summed E-state index contributed by atoms with van der Waals surface area (Å²) < 4.78 is 63.3. The maximum absolute atomic E-state index is 14.2. The van der Waals surface area contributed by atoms with Gasteiger partial charge in [-0.25, -0.2) is 4.39 Å². The average molecular weight is 526 g/mol. The molecule has 37 heavy (non-hydrogen) atoms. The van der Waals surface area contributed by atoms with Crippen LogP contribution in [0.3, 0.4) is 0 Å². The zero-order valence-corrected chi connectivity index (χ0v) is 19.9. The quantitative estimate of drug-likeness (QED) is 0.336. The molecule has 2 aromatic rings. The van der Waals surface area contributed by atoms with E-state index in [9.17, 15) is 31.9 Å². The second-order valence-electron chi connectivity index (χ2n) is 8.47. The molecule has 1 aliphatic rings. The third-order valence-electron chi connectivity index (χ3n) is 5.99. The molecular weight excluding hydrogens is 500 g/mol. The second-order valence-corrected chi connectivity index (χ2v) is 8.47. The molecule has 0 bridgehead atoms. The van der Waals surface area contributed by atoms with Crippen LogP contribution < -0.4 is 20.1 Å². The summed E-state index contributed by atoms with van der Waals surface area (Å²) in [4.78, 5) is 35.7. The molecule has 0 aromatic heterocycles. The van der Waals surface area contributed by atoms with E-state index in [0.717, 1.165) is 13.2 Å². The first-order valence-corrected chi connectivity index (χ1v) is 11.5. The van der Waals surface area contributed by atoms with E-state index in [1.807, 2.05) is 0 Å². The first-order valence-electron chi connectivity index (χ1n) is 11.5. The molecule has 0 heterocycles. The first kappa shape index (κ1) is 27.8. The van der Waals surface area contributed by atoms with Crippen LogP contribution in [0.25, 0.3) is 0 Å². The van der Waals surface area contributed by atoms with E-state index >= 15 is 0 Å². The Morgan fingerprint density at radius 1 is 0.946 bits per heavy atom. The van der Waals surface area contributed by atoms with Crippen LogP contribution in [0.15, 0.2) is 36.4 Å². The highest BCUT2D eigenvalue weighted by molar-refractivity contribution is 5.97. The van der Waals surface area contributed by atoms with Crippen molar-refractivity contribution in [2.75, 3.05) is 20.2 Å². The Kier molecular flexibility index (Phi) is 8.95. The van der Waals surface area contributed by atoms with E-state index in [2.05, 4.69) is 15.4 Å². The number of methoxy groups -OCH3 is 1. The Bertz CT molecular complexity index is 1130. The molecular formula is C25H26F4N2O6. The smallest absolute Gasteiger partial charge is 0.419 e. The molecule has 3 rings (SSSR count). The number of hydrogen-bond acceptors (Lipinski definition) is 5. The topological polar surface area (TPSA) is 114 Å². The van der Waals surface area contributed by atoms with Crippen LogP contribution in [-0.2, 0) is 11.0 Å².